The molecular formula is C31H31N3O5. The highest BCUT2D eigenvalue weighted by molar-refractivity contribution is 6.20. The third-order valence-electron chi connectivity index (χ3n) is 9.00. The predicted molar refractivity (Wildman–Crippen MR) is 142 cm³/mol. The van der Waals surface area contributed by atoms with Crippen LogP contribution in [0.15, 0.2) is 71.8 Å². The maximum atomic E-state index is 14.7. The Morgan fingerprint density at radius 1 is 0.821 bits per heavy atom. The molecule has 3 fully saturated rings. The highest BCUT2D eigenvalue weighted by Gasteiger charge is 2.71. The molecule has 2 saturated heterocycles. The van der Waals surface area contributed by atoms with E-state index in [1.807, 2.05) is 67.6 Å². The van der Waals surface area contributed by atoms with Crippen LogP contribution in [-0.2, 0) is 32.1 Å². The quantitative estimate of drug-likeness (QED) is 0.423. The Morgan fingerprint density at radius 3 is 2.08 bits per heavy atom. The SMILES string of the molecule is CCC1=C2CCC3C(=O)N(CC)C(=O)C3C2[C@@]2(Cc3ccccc3)C(=O)N(Cc3ccccc3)C(=O)N2C1=O. The van der Waals surface area contributed by atoms with E-state index in [-0.39, 0.29) is 31.3 Å². The van der Waals surface area contributed by atoms with Crippen LogP contribution in [0.25, 0.3) is 0 Å². The summed E-state index contributed by atoms with van der Waals surface area (Å²) in [6.45, 7) is 3.89. The minimum absolute atomic E-state index is 0.0182. The number of carbonyl (C=O) groups is 5. The second-order valence-electron chi connectivity index (χ2n) is 10.8. The minimum Gasteiger partial charge on any atom is -0.282 e. The number of rotatable bonds is 6. The van der Waals surface area contributed by atoms with Crippen molar-refractivity contribution >= 4 is 29.7 Å². The molecule has 0 bridgehead atoms. The lowest BCUT2D eigenvalue weighted by atomic mass is 9.57. The Morgan fingerprint density at radius 2 is 1.46 bits per heavy atom. The van der Waals surface area contributed by atoms with Crippen LogP contribution in [-0.4, -0.2) is 56.4 Å². The van der Waals surface area contributed by atoms with E-state index >= 15 is 0 Å². The van der Waals surface area contributed by atoms with Crippen LogP contribution in [0.1, 0.15) is 44.2 Å². The number of imide groups is 3. The van der Waals surface area contributed by atoms with Crippen LogP contribution in [0.5, 0.6) is 0 Å². The fraction of sp³-hybridized carbons (Fsp3) is 0.387. The molecule has 1 aliphatic carbocycles. The molecule has 4 aliphatic rings. The van der Waals surface area contributed by atoms with E-state index < -0.39 is 41.1 Å². The van der Waals surface area contributed by atoms with E-state index in [2.05, 4.69) is 0 Å². The molecule has 4 atom stereocenters. The van der Waals surface area contributed by atoms with Crippen molar-refractivity contribution in [2.75, 3.05) is 6.54 Å². The maximum Gasteiger partial charge on any atom is 0.335 e. The van der Waals surface area contributed by atoms with Gasteiger partial charge >= 0.3 is 6.03 Å². The largest absolute Gasteiger partial charge is 0.335 e. The molecule has 0 spiro atoms. The Balaban J connectivity index is 1.58. The Labute approximate surface area is 227 Å². The molecule has 8 nitrogen and oxygen atoms in total. The molecule has 8 heteroatoms. The van der Waals surface area contributed by atoms with E-state index in [0.29, 0.717) is 24.8 Å². The van der Waals surface area contributed by atoms with E-state index in [1.54, 1.807) is 6.92 Å². The van der Waals surface area contributed by atoms with Crippen LogP contribution in [0.3, 0.4) is 0 Å². The first-order valence-corrected chi connectivity index (χ1v) is 13.7. The van der Waals surface area contributed by atoms with Gasteiger partial charge in [-0.25, -0.2) is 9.69 Å². The highest BCUT2D eigenvalue weighted by Crippen LogP contribution is 2.57. The van der Waals surface area contributed by atoms with Crippen molar-refractivity contribution in [3.63, 3.8) is 0 Å². The standard InChI is InChI=1S/C31H31N3O5/c1-3-21-22-15-16-23-24(28(37)32(4-2)26(23)35)25(22)31(17-19-11-7-5-8-12-19)29(38)33(30(39)34(31)27(21)36)18-20-13-9-6-10-14-20/h5-14,23-25H,3-4,15-18H2,1-2H3/t23?,24?,25?,31-/m0/s1. The van der Waals surface area contributed by atoms with Crippen LogP contribution in [0, 0.1) is 17.8 Å². The fourth-order valence-corrected chi connectivity index (χ4v) is 7.39. The number of amides is 6. The van der Waals surface area contributed by atoms with Gasteiger partial charge < -0.3 is 0 Å². The average Bonchev–Trinajstić information content (AvgIpc) is 3.32. The van der Waals surface area contributed by atoms with Gasteiger partial charge in [-0.15, -0.1) is 0 Å². The van der Waals surface area contributed by atoms with Crippen molar-refractivity contribution in [3.05, 3.63) is 82.9 Å². The van der Waals surface area contributed by atoms with E-state index in [9.17, 15) is 24.0 Å². The third kappa shape index (κ3) is 3.46. The summed E-state index contributed by atoms with van der Waals surface area (Å²) in [7, 11) is 0. The molecule has 2 aromatic rings. The van der Waals surface area contributed by atoms with E-state index in [0.717, 1.165) is 26.5 Å². The van der Waals surface area contributed by atoms with Crippen molar-refractivity contribution in [2.45, 2.75) is 51.6 Å². The third-order valence-corrected chi connectivity index (χ3v) is 9.00. The first-order chi connectivity index (χ1) is 18.8. The molecule has 3 heterocycles. The van der Waals surface area contributed by atoms with Crippen molar-refractivity contribution in [1.82, 2.24) is 14.7 Å². The Hall–Kier alpha value is -4.07. The number of hydrogen-bond donors (Lipinski definition) is 0. The topological polar surface area (TPSA) is 95.1 Å². The van der Waals surface area contributed by atoms with E-state index in [4.69, 9.17) is 0 Å². The Bertz CT molecular complexity index is 1420. The number of carbonyl (C=O) groups excluding carboxylic acids is 5. The van der Waals surface area contributed by atoms with Gasteiger partial charge in [-0.3, -0.25) is 29.0 Å². The van der Waals surface area contributed by atoms with Crippen LogP contribution >= 0.6 is 0 Å². The lowest BCUT2D eigenvalue weighted by molar-refractivity contribution is -0.148. The zero-order valence-electron chi connectivity index (χ0n) is 22.1. The summed E-state index contributed by atoms with van der Waals surface area (Å²) in [4.78, 5) is 73.6. The second-order valence-corrected chi connectivity index (χ2v) is 10.8. The van der Waals surface area contributed by atoms with Gasteiger partial charge in [0.1, 0.15) is 5.54 Å². The Kier molecular flexibility index (Phi) is 6.01. The molecule has 0 N–H and O–H groups in total. The lowest BCUT2D eigenvalue weighted by Gasteiger charge is -2.50. The summed E-state index contributed by atoms with van der Waals surface area (Å²) < 4.78 is 0. The molecule has 3 unspecified atom stereocenters. The minimum atomic E-state index is -1.62. The maximum absolute atomic E-state index is 14.7. The normalized spacial score (nSPS) is 28.3. The van der Waals surface area contributed by atoms with Gasteiger partial charge in [-0.05, 0) is 37.3 Å². The number of urea groups is 1. The molecule has 0 aromatic heterocycles. The molecule has 0 radical (unpaired) electrons. The molecular weight excluding hydrogens is 494 g/mol. The second kappa shape index (κ2) is 9.29. The number of benzene rings is 2. The average molecular weight is 526 g/mol. The molecule has 6 amide bonds. The van der Waals surface area contributed by atoms with Gasteiger partial charge in [-0.1, -0.05) is 73.2 Å². The highest BCUT2D eigenvalue weighted by atomic mass is 16.2. The zero-order valence-corrected chi connectivity index (χ0v) is 22.1. The summed E-state index contributed by atoms with van der Waals surface area (Å²) in [5, 5.41) is 0. The molecule has 3 aliphatic heterocycles. The van der Waals surface area contributed by atoms with Crippen molar-refractivity contribution in [1.29, 1.82) is 0 Å². The van der Waals surface area contributed by atoms with Gasteiger partial charge in [0.2, 0.25) is 11.8 Å². The van der Waals surface area contributed by atoms with Crippen molar-refractivity contribution in [3.8, 4) is 0 Å². The van der Waals surface area contributed by atoms with Gasteiger partial charge in [0.15, 0.2) is 0 Å². The first kappa shape index (κ1) is 25.2. The first-order valence-electron chi connectivity index (χ1n) is 13.7. The van der Waals surface area contributed by atoms with Gasteiger partial charge in [0.25, 0.3) is 11.8 Å². The summed E-state index contributed by atoms with van der Waals surface area (Å²) >= 11 is 0. The van der Waals surface area contributed by atoms with Gasteiger partial charge in [-0.2, -0.15) is 0 Å². The predicted octanol–water partition coefficient (Wildman–Crippen LogP) is 3.71. The number of likely N-dealkylation sites (tertiary alicyclic amines) is 1. The molecule has 1 saturated carbocycles. The summed E-state index contributed by atoms with van der Waals surface area (Å²) in [6, 6.07) is 17.8. The fourth-order valence-electron chi connectivity index (χ4n) is 7.39. The molecule has 6 rings (SSSR count). The molecule has 2 aromatic carbocycles. The lowest BCUT2D eigenvalue weighted by Crippen LogP contribution is -2.65. The molecule has 200 valence electrons. The van der Waals surface area contributed by atoms with Gasteiger partial charge in [0, 0.05) is 24.5 Å². The van der Waals surface area contributed by atoms with E-state index in [1.165, 1.54) is 4.90 Å². The summed E-state index contributed by atoms with van der Waals surface area (Å²) in [5.74, 6) is -3.60. The number of hydrogen-bond acceptors (Lipinski definition) is 5. The zero-order chi connectivity index (χ0) is 27.5. The van der Waals surface area contributed by atoms with Crippen LogP contribution < -0.4 is 0 Å². The summed E-state index contributed by atoms with van der Waals surface area (Å²) in [5.41, 5.74) is 1.17. The number of fused-ring (bicyclic) bond motifs is 5. The molecule has 39 heavy (non-hydrogen) atoms. The monoisotopic (exact) mass is 525 g/mol. The van der Waals surface area contributed by atoms with Crippen LogP contribution in [0.2, 0.25) is 0 Å². The number of nitrogens with zero attached hydrogens (tertiary/aromatic N) is 3. The van der Waals surface area contributed by atoms with Crippen LogP contribution in [0.4, 0.5) is 4.79 Å². The van der Waals surface area contributed by atoms with Crippen molar-refractivity contribution in [2.24, 2.45) is 17.8 Å². The smallest absolute Gasteiger partial charge is 0.282 e. The van der Waals surface area contributed by atoms with Crippen molar-refractivity contribution < 1.29 is 24.0 Å². The van der Waals surface area contributed by atoms with Gasteiger partial charge in [0.05, 0.1) is 18.4 Å². The summed E-state index contributed by atoms with van der Waals surface area (Å²) in [6.07, 6.45) is 1.35.